The lowest BCUT2D eigenvalue weighted by Gasteiger charge is -2.41. The Bertz CT molecular complexity index is 1580. The molecule has 0 aliphatic carbocycles. The van der Waals surface area contributed by atoms with Crippen molar-refractivity contribution in [3.63, 3.8) is 0 Å². The smallest absolute Gasteiger partial charge is 0.248 e. The molecule has 0 saturated heterocycles. The zero-order valence-electron chi connectivity index (χ0n) is 28.0. The molecule has 14 heteroatoms. The van der Waals surface area contributed by atoms with Crippen LogP contribution in [0.25, 0.3) is 11.1 Å². The molecule has 1 heterocycles. The highest BCUT2D eigenvalue weighted by atomic mass is 79.9. The molecule has 2 unspecified atom stereocenters. The van der Waals surface area contributed by atoms with Gasteiger partial charge in [0.15, 0.2) is 0 Å². The van der Waals surface area contributed by atoms with Crippen LogP contribution in [0.5, 0.6) is 0 Å². The first-order valence-corrected chi connectivity index (χ1v) is 17.1. The lowest BCUT2D eigenvalue weighted by molar-refractivity contribution is -0.140. The monoisotopic (exact) mass is 746 g/mol. The fourth-order valence-corrected chi connectivity index (χ4v) is 5.68. The highest BCUT2D eigenvalue weighted by molar-refractivity contribution is 9.09. The molecular weight excluding hydrogens is 702 g/mol. The largest absolute Gasteiger partial charge is 0.387 e. The molecule has 0 radical (unpaired) electrons. The van der Waals surface area contributed by atoms with Crippen LogP contribution in [0, 0.1) is 17.0 Å². The zero-order chi connectivity index (χ0) is 36.1. The van der Waals surface area contributed by atoms with Crippen molar-refractivity contribution in [1.29, 1.82) is 0 Å². The van der Waals surface area contributed by atoms with E-state index < -0.39 is 47.6 Å². The van der Waals surface area contributed by atoms with Gasteiger partial charge in [0.2, 0.25) is 23.6 Å². The van der Waals surface area contributed by atoms with E-state index in [9.17, 15) is 33.1 Å². The van der Waals surface area contributed by atoms with E-state index in [1.54, 1.807) is 12.3 Å². The third kappa shape index (κ3) is 11.8. The van der Waals surface area contributed by atoms with E-state index in [0.29, 0.717) is 17.8 Å². The fourth-order valence-electron chi connectivity index (χ4n) is 5.48. The third-order valence-electron chi connectivity index (χ3n) is 7.79. The molecule has 266 valence electrons. The molecule has 1 aromatic heterocycles. The normalized spacial score (nSPS) is 12.6. The third-order valence-corrected chi connectivity index (χ3v) is 8.30. The Labute approximate surface area is 293 Å². The number of benzene rings is 2. The molecule has 2 atom stereocenters. The lowest BCUT2D eigenvalue weighted by atomic mass is 9.82. The standard InChI is InChI=1S/C35H45BrF2N6O5/c1-35(2,3)33(29-17-24(26-18-25(37)9-10-27(26)38)21-43(29)20-23-7-5-4-6-8-23)44(32(48)22-45)16-12-28(39)34(49)42-13-11-30(46)40-14-15-41-31(47)19-36/h4-10,17-18,21,28,33,45H,11-16,19-20,22,39H2,1-3H3,(H,40,46)(H,41,47)(H,42,49). The van der Waals surface area contributed by atoms with E-state index in [4.69, 9.17) is 5.73 Å². The van der Waals surface area contributed by atoms with Crippen LogP contribution in [0.3, 0.4) is 0 Å². The van der Waals surface area contributed by atoms with Crippen LogP contribution in [0.1, 0.15) is 50.9 Å². The first-order valence-electron chi connectivity index (χ1n) is 16.0. The first-order chi connectivity index (χ1) is 23.2. The second-order valence-electron chi connectivity index (χ2n) is 12.7. The van der Waals surface area contributed by atoms with Crippen LogP contribution in [0.15, 0.2) is 60.8 Å². The second-order valence-corrected chi connectivity index (χ2v) is 13.2. The zero-order valence-corrected chi connectivity index (χ0v) is 29.6. The Hall–Kier alpha value is -4.14. The number of aliphatic hydroxyl groups excluding tert-OH is 1. The van der Waals surface area contributed by atoms with Gasteiger partial charge in [-0.2, -0.15) is 0 Å². The number of amides is 4. The summed E-state index contributed by atoms with van der Waals surface area (Å²) in [6, 6.07) is 12.8. The number of aromatic nitrogens is 1. The summed E-state index contributed by atoms with van der Waals surface area (Å²) >= 11 is 3.03. The van der Waals surface area contributed by atoms with Gasteiger partial charge in [0.1, 0.15) is 18.2 Å². The van der Waals surface area contributed by atoms with Crippen LogP contribution in [-0.4, -0.2) is 82.4 Å². The van der Waals surface area contributed by atoms with Crippen molar-refractivity contribution in [3.8, 4) is 11.1 Å². The van der Waals surface area contributed by atoms with Gasteiger partial charge in [0, 0.05) is 62.2 Å². The Morgan fingerprint density at radius 2 is 1.63 bits per heavy atom. The van der Waals surface area contributed by atoms with E-state index >= 15 is 0 Å². The number of halogens is 3. The van der Waals surface area contributed by atoms with Crippen molar-refractivity contribution >= 4 is 39.6 Å². The molecule has 6 N–H and O–H groups in total. The molecule has 0 saturated carbocycles. The van der Waals surface area contributed by atoms with Gasteiger partial charge in [-0.25, -0.2) is 8.78 Å². The quantitative estimate of drug-likeness (QED) is 0.105. The van der Waals surface area contributed by atoms with Crippen LogP contribution >= 0.6 is 15.9 Å². The van der Waals surface area contributed by atoms with Crippen molar-refractivity contribution in [1.82, 2.24) is 25.4 Å². The maximum atomic E-state index is 15.0. The van der Waals surface area contributed by atoms with E-state index in [1.165, 1.54) is 4.90 Å². The Kier molecular flexibility index (Phi) is 14.9. The van der Waals surface area contributed by atoms with E-state index in [-0.39, 0.29) is 61.7 Å². The van der Waals surface area contributed by atoms with Gasteiger partial charge in [0.25, 0.3) is 0 Å². The van der Waals surface area contributed by atoms with Gasteiger partial charge >= 0.3 is 0 Å². The van der Waals surface area contributed by atoms with Gasteiger partial charge in [-0.3, -0.25) is 19.2 Å². The maximum Gasteiger partial charge on any atom is 0.248 e. The van der Waals surface area contributed by atoms with Gasteiger partial charge in [-0.05, 0) is 41.7 Å². The summed E-state index contributed by atoms with van der Waals surface area (Å²) in [5.74, 6) is -2.82. The summed E-state index contributed by atoms with van der Waals surface area (Å²) in [5, 5.41) is 18.1. The fraction of sp³-hybridized carbons (Fsp3) is 0.429. The second kappa shape index (κ2) is 18.6. The summed E-state index contributed by atoms with van der Waals surface area (Å²) in [6.45, 7) is 5.86. The molecule has 0 aliphatic heterocycles. The minimum atomic E-state index is -1.04. The number of nitrogens with two attached hydrogens (primary N) is 1. The molecule has 11 nitrogen and oxygen atoms in total. The minimum absolute atomic E-state index is 0.00127. The number of aliphatic hydroxyl groups is 1. The Morgan fingerprint density at radius 3 is 2.27 bits per heavy atom. The summed E-state index contributed by atoms with van der Waals surface area (Å²) < 4.78 is 31.1. The van der Waals surface area contributed by atoms with Crippen molar-refractivity contribution in [2.75, 3.05) is 38.1 Å². The molecule has 4 amide bonds. The van der Waals surface area contributed by atoms with E-state index in [1.807, 2.05) is 55.7 Å². The number of nitrogens with zero attached hydrogens (tertiary/aromatic N) is 2. The summed E-state index contributed by atoms with van der Waals surface area (Å²) in [5.41, 5.74) is 7.62. The van der Waals surface area contributed by atoms with E-state index in [0.717, 1.165) is 23.8 Å². The highest BCUT2D eigenvalue weighted by Gasteiger charge is 2.37. The van der Waals surface area contributed by atoms with Gasteiger partial charge in [0.05, 0.1) is 17.4 Å². The molecule has 49 heavy (non-hydrogen) atoms. The molecule has 0 spiro atoms. The average Bonchev–Trinajstić information content (AvgIpc) is 3.47. The molecule has 0 bridgehead atoms. The molecule has 0 aliphatic rings. The van der Waals surface area contributed by atoms with Crippen LogP contribution in [0.4, 0.5) is 8.78 Å². The number of nitrogens with one attached hydrogen (secondary N) is 3. The van der Waals surface area contributed by atoms with Gasteiger partial charge in [-0.15, -0.1) is 0 Å². The number of carbonyl (C=O) groups excluding carboxylic acids is 4. The predicted molar refractivity (Wildman–Crippen MR) is 186 cm³/mol. The summed E-state index contributed by atoms with van der Waals surface area (Å²) in [7, 11) is 0. The molecule has 0 fully saturated rings. The topological polar surface area (TPSA) is 159 Å². The molecule has 2 aromatic carbocycles. The predicted octanol–water partition coefficient (Wildman–Crippen LogP) is 3.24. The number of hydrogen-bond acceptors (Lipinski definition) is 6. The van der Waals surface area contributed by atoms with Crippen LogP contribution < -0.4 is 21.7 Å². The summed E-state index contributed by atoms with van der Waals surface area (Å²) in [4.78, 5) is 51.0. The van der Waals surface area contributed by atoms with Crippen LogP contribution in [-0.2, 0) is 25.7 Å². The van der Waals surface area contributed by atoms with Crippen molar-refractivity contribution in [3.05, 3.63) is 83.7 Å². The number of alkyl halides is 1. The molecule has 3 rings (SSSR count). The number of rotatable bonds is 17. The van der Waals surface area contributed by atoms with Gasteiger partial charge < -0.3 is 36.3 Å². The van der Waals surface area contributed by atoms with E-state index in [2.05, 4.69) is 31.9 Å². The SMILES string of the molecule is CC(C)(C)C(c1cc(-c2cc(F)ccc2F)cn1Cc1ccccc1)N(CCC(N)C(=O)NCCC(=O)NCCNC(=O)CBr)C(=O)CO. The Balaban J connectivity index is 1.81. The van der Waals surface area contributed by atoms with Gasteiger partial charge in [-0.1, -0.05) is 67.0 Å². The molecule has 3 aromatic rings. The first kappa shape index (κ1) is 39.3. The minimum Gasteiger partial charge on any atom is -0.387 e. The number of carbonyl (C=O) groups is 4. The van der Waals surface area contributed by atoms with Crippen molar-refractivity contribution in [2.24, 2.45) is 11.1 Å². The lowest BCUT2D eigenvalue weighted by Crippen LogP contribution is -2.48. The summed E-state index contributed by atoms with van der Waals surface area (Å²) in [6.07, 6.45) is 1.75. The van der Waals surface area contributed by atoms with Crippen molar-refractivity contribution in [2.45, 2.75) is 52.2 Å². The average molecular weight is 748 g/mol. The maximum absolute atomic E-state index is 15.0. The Morgan fingerprint density at radius 1 is 0.959 bits per heavy atom. The highest BCUT2D eigenvalue weighted by Crippen LogP contribution is 2.41. The van der Waals surface area contributed by atoms with Crippen molar-refractivity contribution < 1.29 is 33.1 Å². The van der Waals surface area contributed by atoms with Crippen LogP contribution in [0.2, 0.25) is 0 Å². The number of hydrogen-bond donors (Lipinski definition) is 5. The molecular formula is C35H45BrF2N6O5.